The maximum atomic E-state index is 11.8. The fourth-order valence-corrected chi connectivity index (χ4v) is 2.14. The van der Waals surface area contributed by atoms with Gasteiger partial charge < -0.3 is 9.69 Å². The molecule has 86 valence electrons. The van der Waals surface area contributed by atoms with Gasteiger partial charge in [-0.1, -0.05) is 0 Å². The monoisotopic (exact) mass is 211 g/mol. The Morgan fingerprint density at radius 3 is 2.20 bits per heavy atom. The molecule has 0 aliphatic carbocycles. The van der Waals surface area contributed by atoms with Gasteiger partial charge in [0, 0.05) is 12.0 Å². The van der Waals surface area contributed by atoms with Crippen molar-refractivity contribution in [3.8, 4) is 0 Å². The Labute approximate surface area is 91.8 Å². The maximum absolute atomic E-state index is 11.8. The molecule has 0 spiro atoms. The van der Waals surface area contributed by atoms with Gasteiger partial charge in [0.05, 0.1) is 5.92 Å². The molecule has 0 saturated carbocycles. The van der Waals surface area contributed by atoms with Gasteiger partial charge in [-0.3, -0.25) is 4.79 Å². The summed E-state index contributed by atoms with van der Waals surface area (Å²) < 4.78 is 0. The molecule has 1 fully saturated rings. The highest BCUT2D eigenvalue weighted by Crippen LogP contribution is 2.21. The smallest absolute Gasteiger partial charge is 0.145 e. The molecule has 0 aromatic carbocycles. The number of likely N-dealkylation sites (tertiary alicyclic amines) is 1. The summed E-state index contributed by atoms with van der Waals surface area (Å²) in [5.41, 5.74) is 0. The van der Waals surface area contributed by atoms with Crippen LogP contribution in [0.1, 0.15) is 33.6 Å². The van der Waals surface area contributed by atoms with Crippen LogP contribution in [0.3, 0.4) is 0 Å². The minimum Gasteiger partial charge on any atom is -0.303 e. The molecule has 1 aliphatic rings. The molecule has 1 aliphatic heterocycles. The number of hydrogen-bond acceptors (Lipinski definition) is 3. The second-order valence-electron chi connectivity index (χ2n) is 4.73. The van der Waals surface area contributed by atoms with Gasteiger partial charge in [0.15, 0.2) is 0 Å². The van der Waals surface area contributed by atoms with Crippen molar-refractivity contribution in [1.82, 2.24) is 4.90 Å². The third-order valence-electron chi connectivity index (χ3n) is 3.32. The van der Waals surface area contributed by atoms with Gasteiger partial charge in [0.2, 0.25) is 0 Å². The zero-order valence-electron chi connectivity index (χ0n) is 9.90. The summed E-state index contributed by atoms with van der Waals surface area (Å²) in [6, 6.07) is 0.560. The molecule has 1 heterocycles. The largest absolute Gasteiger partial charge is 0.303 e. The summed E-state index contributed by atoms with van der Waals surface area (Å²) in [5.74, 6) is -0.172. The fourth-order valence-electron chi connectivity index (χ4n) is 2.14. The first-order valence-corrected chi connectivity index (χ1v) is 5.79. The van der Waals surface area contributed by atoms with Crippen molar-refractivity contribution in [1.29, 1.82) is 0 Å². The molecule has 3 nitrogen and oxygen atoms in total. The first-order valence-electron chi connectivity index (χ1n) is 5.79. The second-order valence-corrected chi connectivity index (χ2v) is 4.73. The van der Waals surface area contributed by atoms with Crippen LogP contribution in [0.5, 0.6) is 0 Å². The Balaban J connectivity index is 2.43. The van der Waals surface area contributed by atoms with E-state index in [-0.39, 0.29) is 11.7 Å². The summed E-state index contributed by atoms with van der Waals surface area (Å²) in [7, 11) is 0. The van der Waals surface area contributed by atoms with Crippen LogP contribution < -0.4 is 0 Å². The first kappa shape index (κ1) is 12.4. The average Bonchev–Trinajstić information content (AvgIpc) is 2.27. The number of hydrogen-bond donors (Lipinski definition) is 0. The minimum absolute atomic E-state index is 0.111. The van der Waals surface area contributed by atoms with Crippen LogP contribution in [-0.2, 0) is 9.59 Å². The number of aldehydes is 1. The van der Waals surface area contributed by atoms with E-state index in [9.17, 15) is 9.59 Å². The summed E-state index contributed by atoms with van der Waals surface area (Å²) in [4.78, 5) is 24.7. The molecule has 1 rings (SSSR count). The summed E-state index contributed by atoms with van der Waals surface area (Å²) in [6.07, 6.45) is 2.58. The molecule has 1 atom stereocenters. The van der Waals surface area contributed by atoms with Crippen molar-refractivity contribution < 1.29 is 9.59 Å². The minimum atomic E-state index is -0.416. The lowest BCUT2D eigenvalue weighted by Gasteiger charge is -2.34. The molecule has 0 radical (unpaired) electrons. The first-order chi connectivity index (χ1) is 7.06. The lowest BCUT2D eigenvalue weighted by Crippen LogP contribution is -2.41. The van der Waals surface area contributed by atoms with Crippen molar-refractivity contribution in [3.05, 3.63) is 0 Å². The van der Waals surface area contributed by atoms with E-state index in [0.29, 0.717) is 6.04 Å². The lowest BCUT2D eigenvalue weighted by atomic mass is 9.87. The number of carbonyl (C=O) groups is 2. The molecule has 1 saturated heterocycles. The Morgan fingerprint density at radius 2 is 1.80 bits per heavy atom. The molecule has 1 unspecified atom stereocenters. The topological polar surface area (TPSA) is 37.4 Å². The van der Waals surface area contributed by atoms with Crippen LogP contribution in [0.15, 0.2) is 0 Å². The molecule has 0 N–H and O–H groups in total. The van der Waals surface area contributed by atoms with Crippen molar-refractivity contribution in [2.75, 3.05) is 13.1 Å². The summed E-state index contributed by atoms with van der Waals surface area (Å²) in [5, 5.41) is 0. The Kier molecular flexibility index (Phi) is 4.45. The highest BCUT2D eigenvalue weighted by molar-refractivity contribution is 5.94. The molecular formula is C12H21NO2. The standard InChI is InChI=1S/C12H21NO2/c1-9(2)13-6-4-11(5-7-13)12(15)10(3)8-14/h8-11H,4-7H2,1-3H3. The van der Waals surface area contributed by atoms with Crippen LogP contribution in [0.2, 0.25) is 0 Å². The molecule has 15 heavy (non-hydrogen) atoms. The van der Waals surface area contributed by atoms with Gasteiger partial charge in [0.25, 0.3) is 0 Å². The van der Waals surface area contributed by atoms with Crippen LogP contribution in [0, 0.1) is 11.8 Å². The molecule has 0 aromatic rings. The number of nitrogens with zero attached hydrogens (tertiary/aromatic N) is 1. The van der Waals surface area contributed by atoms with E-state index in [1.165, 1.54) is 0 Å². The summed E-state index contributed by atoms with van der Waals surface area (Å²) in [6.45, 7) is 8.02. The van der Waals surface area contributed by atoms with E-state index >= 15 is 0 Å². The highest BCUT2D eigenvalue weighted by Gasteiger charge is 2.28. The highest BCUT2D eigenvalue weighted by atomic mass is 16.1. The second kappa shape index (κ2) is 5.40. The predicted octanol–water partition coefficient (Wildman–Crippen LogP) is 1.51. The zero-order chi connectivity index (χ0) is 11.4. The van der Waals surface area contributed by atoms with E-state index in [0.717, 1.165) is 32.2 Å². The number of carbonyl (C=O) groups excluding carboxylic acids is 2. The van der Waals surface area contributed by atoms with Crippen LogP contribution in [0.25, 0.3) is 0 Å². The Hall–Kier alpha value is -0.700. The molecule has 0 amide bonds. The average molecular weight is 211 g/mol. The van der Waals surface area contributed by atoms with Crippen molar-refractivity contribution in [3.63, 3.8) is 0 Å². The SMILES string of the molecule is CC(C=O)C(=O)C1CCN(C(C)C)CC1. The molecule has 0 bridgehead atoms. The van der Waals surface area contributed by atoms with E-state index in [1.54, 1.807) is 6.92 Å². The number of Topliss-reactive ketones (excluding diaryl/α,β-unsaturated/α-hetero) is 1. The summed E-state index contributed by atoms with van der Waals surface area (Å²) >= 11 is 0. The fraction of sp³-hybridized carbons (Fsp3) is 0.833. The Morgan fingerprint density at radius 1 is 1.27 bits per heavy atom. The molecular weight excluding hydrogens is 190 g/mol. The number of rotatable bonds is 4. The lowest BCUT2D eigenvalue weighted by molar-refractivity contribution is -0.131. The van der Waals surface area contributed by atoms with Gasteiger partial charge in [-0.2, -0.15) is 0 Å². The van der Waals surface area contributed by atoms with Crippen molar-refractivity contribution in [2.24, 2.45) is 11.8 Å². The van der Waals surface area contributed by atoms with E-state index in [4.69, 9.17) is 0 Å². The third-order valence-corrected chi connectivity index (χ3v) is 3.32. The maximum Gasteiger partial charge on any atom is 0.145 e. The van der Waals surface area contributed by atoms with Gasteiger partial charge in [-0.15, -0.1) is 0 Å². The zero-order valence-corrected chi connectivity index (χ0v) is 9.90. The normalized spacial score (nSPS) is 21.6. The van der Waals surface area contributed by atoms with E-state index < -0.39 is 5.92 Å². The van der Waals surface area contributed by atoms with Crippen LogP contribution >= 0.6 is 0 Å². The van der Waals surface area contributed by atoms with Crippen LogP contribution in [-0.4, -0.2) is 36.1 Å². The molecule has 0 aromatic heterocycles. The number of piperidine rings is 1. The van der Waals surface area contributed by atoms with Crippen LogP contribution in [0.4, 0.5) is 0 Å². The van der Waals surface area contributed by atoms with Crippen molar-refractivity contribution >= 4 is 12.1 Å². The van der Waals surface area contributed by atoms with E-state index in [1.807, 2.05) is 0 Å². The van der Waals surface area contributed by atoms with Gasteiger partial charge in [0.1, 0.15) is 12.1 Å². The van der Waals surface area contributed by atoms with E-state index in [2.05, 4.69) is 18.7 Å². The van der Waals surface area contributed by atoms with Crippen molar-refractivity contribution in [2.45, 2.75) is 39.7 Å². The quantitative estimate of drug-likeness (QED) is 0.522. The molecule has 3 heteroatoms. The third kappa shape index (κ3) is 3.13. The Bertz CT molecular complexity index is 230. The predicted molar refractivity (Wildman–Crippen MR) is 59.7 cm³/mol. The number of ketones is 1. The van der Waals surface area contributed by atoms with Gasteiger partial charge >= 0.3 is 0 Å². The van der Waals surface area contributed by atoms with Gasteiger partial charge in [-0.05, 0) is 46.7 Å². The van der Waals surface area contributed by atoms with Gasteiger partial charge in [-0.25, -0.2) is 0 Å².